The number of anilines is 1. The number of benzene rings is 1. The minimum Gasteiger partial charge on any atom is -0.323 e. The molecule has 1 aliphatic rings. The quantitative estimate of drug-likeness (QED) is 0.838. The van der Waals surface area contributed by atoms with Gasteiger partial charge in [-0.2, -0.15) is 0 Å². The zero-order valence-corrected chi connectivity index (χ0v) is 11.9. The van der Waals surface area contributed by atoms with Gasteiger partial charge in [0.15, 0.2) is 11.6 Å². The molecule has 0 unspecified atom stereocenters. The van der Waals surface area contributed by atoms with E-state index < -0.39 is 22.9 Å². The second-order valence-electron chi connectivity index (χ2n) is 5.48. The molecule has 1 saturated heterocycles. The van der Waals surface area contributed by atoms with Gasteiger partial charge >= 0.3 is 0 Å². The van der Waals surface area contributed by atoms with E-state index >= 15 is 0 Å². The van der Waals surface area contributed by atoms with E-state index in [1.807, 2.05) is 6.92 Å². The van der Waals surface area contributed by atoms with E-state index in [4.69, 9.17) is 0 Å². The Bertz CT molecular complexity index is 522. The highest BCUT2D eigenvalue weighted by atomic mass is 19.2. The molecular formula is C15H19F3N2O. The summed E-state index contributed by atoms with van der Waals surface area (Å²) in [5.74, 6) is -3.74. The highest BCUT2D eigenvalue weighted by Gasteiger charge is 2.38. The summed E-state index contributed by atoms with van der Waals surface area (Å²) in [5, 5.41) is 5.61. The Balaban J connectivity index is 2.21. The fourth-order valence-corrected chi connectivity index (χ4v) is 2.85. The molecule has 3 nitrogen and oxygen atoms in total. The van der Waals surface area contributed by atoms with E-state index in [1.54, 1.807) is 0 Å². The lowest BCUT2D eigenvalue weighted by atomic mass is 9.74. The van der Waals surface area contributed by atoms with Gasteiger partial charge in [-0.15, -0.1) is 0 Å². The highest BCUT2D eigenvalue weighted by molar-refractivity contribution is 5.95. The third kappa shape index (κ3) is 3.37. The molecule has 1 aliphatic heterocycles. The molecule has 0 spiro atoms. The van der Waals surface area contributed by atoms with Crippen molar-refractivity contribution in [2.24, 2.45) is 5.41 Å². The van der Waals surface area contributed by atoms with Crippen molar-refractivity contribution in [1.82, 2.24) is 5.32 Å². The first-order valence-corrected chi connectivity index (χ1v) is 7.15. The molecule has 0 radical (unpaired) electrons. The average Bonchev–Trinajstić information content (AvgIpc) is 2.46. The molecule has 6 heteroatoms. The molecule has 0 saturated carbocycles. The van der Waals surface area contributed by atoms with Crippen LogP contribution in [0.4, 0.5) is 18.9 Å². The minimum atomic E-state index is -1.27. The Labute approximate surface area is 121 Å². The van der Waals surface area contributed by atoms with Gasteiger partial charge in [0.05, 0.1) is 11.1 Å². The van der Waals surface area contributed by atoms with Crippen LogP contribution in [-0.4, -0.2) is 19.0 Å². The monoisotopic (exact) mass is 300 g/mol. The molecule has 21 heavy (non-hydrogen) atoms. The maximum atomic E-state index is 13.6. The number of hydrogen-bond acceptors (Lipinski definition) is 2. The fourth-order valence-electron chi connectivity index (χ4n) is 2.85. The summed E-state index contributed by atoms with van der Waals surface area (Å²) < 4.78 is 39.7. The molecule has 1 fully saturated rings. The number of halogens is 3. The lowest BCUT2D eigenvalue weighted by Crippen LogP contribution is -2.45. The zero-order chi connectivity index (χ0) is 15.5. The summed E-state index contributed by atoms with van der Waals surface area (Å²) in [6.07, 6.45) is 2.81. The molecule has 0 bridgehead atoms. The van der Waals surface area contributed by atoms with Gasteiger partial charge in [0, 0.05) is 12.1 Å². The van der Waals surface area contributed by atoms with E-state index in [1.165, 1.54) is 0 Å². The molecule has 0 aromatic heterocycles. The summed E-state index contributed by atoms with van der Waals surface area (Å²) >= 11 is 0. The van der Waals surface area contributed by atoms with Crippen molar-refractivity contribution in [2.45, 2.75) is 32.6 Å². The van der Waals surface area contributed by atoms with Crippen LogP contribution in [0.5, 0.6) is 0 Å². The summed E-state index contributed by atoms with van der Waals surface area (Å²) in [5.41, 5.74) is -0.884. The van der Waals surface area contributed by atoms with Crippen LogP contribution < -0.4 is 10.6 Å². The minimum absolute atomic E-state index is 0.312. The highest BCUT2D eigenvalue weighted by Crippen LogP contribution is 2.35. The lowest BCUT2D eigenvalue weighted by molar-refractivity contribution is -0.127. The predicted octanol–water partition coefficient (Wildman–Crippen LogP) is 3.21. The Morgan fingerprint density at radius 1 is 1.19 bits per heavy atom. The van der Waals surface area contributed by atoms with Gasteiger partial charge in [-0.1, -0.05) is 13.3 Å². The van der Waals surface area contributed by atoms with Crippen LogP contribution >= 0.6 is 0 Å². The van der Waals surface area contributed by atoms with Crippen LogP contribution in [0.15, 0.2) is 12.1 Å². The zero-order valence-electron chi connectivity index (χ0n) is 11.9. The Kier molecular flexibility index (Phi) is 4.88. The number of nitrogens with one attached hydrogen (secondary N) is 2. The SMILES string of the molecule is CCCC1(C(=O)Nc2cc(F)c(F)cc2F)CCNCC1. The van der Waals surface area contributed by atoms with Crippen LogP contribution in [0.2, 0.25) is 0 Å². The van der Waals surface area contributed by atoms with E-state index in [9.17, 15) is 18.0 Å². The average molecular weight is 300 g/mol. The Morgan fingerprint density at radius 3 is 2.43 bits per heavy atom. The number of amides is 1. The first-order chi connectivity index (χ1) is 9.98. The first-order valence-electron chi connectivity index (χ1n) is 7.15. The lowest BCUT2D eigenvalue weighted by Gasteiger charge is -2.36. The van der Waals surface area contributed by atoms with E-state index in [2.05, 4.69) is 10.6 Å². The van der Waals surface area contributed by atoms with E-state index in [0.29, 0.717) is 44.5 Å². The number of hydrogen-bond donors (Lipinski definition) is 2. The van der Waals surface area contributed by atoms with Gasteiger partial charge in [-0.25, -0.2) is 13.2 Å². The van der Waals surface area contributed by atoms with Gasteiger partial charge in [0.25, 0.3) is 0 Å². The van der Waals surface area contributed by atoms with Gasteiger partial charge in [-0.05, 0) is 32.4 Å². The van der Waals surface area contributed by atoms with Crippen molar-refractivity contribution < 1.29 is 18.0 Å². The molecule has 1 heterocycles. The van der Waals surface area contributed by atoms with Gasteiger partial charge < -0.3 is 10.6 Å². The first kappa shape index (κ1) is 15.8. The van der Waals surface area contributed by atoms with Gasteiger partial charge in [0.2, 0.25) is 5.91 Å². The maximum absolute atomic E-state index is 13.6. The van der Waals surface area contributed by atoms with Crippen molar-refractivity contribution in [3.63, 3.8) is 0 Å². The summed E-state index contributed by atoms with van der Waals surface area (Å²) in [6, 6.07) is 1.13. The largest absolute Gasteiger partial charge is 0.323 e. The summed E-state index contributed by atoms with van der Waals surface area (Å²) in [4.78, 5) is 12.5. The molecular weight excluding hydrogens is 281 g/mol. The van der Waals surface area contributed by atoms with Crippen molar-refractivity contribution in [3.8, 4) is 0 Å². The van der Waals surface area contributed by atoms with Crippen molar-refractivity contribution in [3.05, 3.63) is 29.6 Å². The van der Waals surface area contributed by atoms with Crippen molar-refractivity contribution in [1.29, 1.82) is 0 Å². The standard InChI is InChI=1S/C15H19F3N2O/c1-2-3-15(4-6-19-7-5-15)14(21)20-13-9-11(17)10(16)8-12(13)18/h8-9,19H,2-7H2,1H3,(H,20,21). The second kappa shape index (κ2) is 6.47. The molecule has 1 aromatic carbocycles. The molecule has 2 rings (SSSR count). The molecule has 1 aromatic rings. The predicted molar refractivity (Wildman–Crippen MR) is 74.4 cm³/mol. The second-order valence-corrected chi connectivity index (χ2v) is 5.48. The number of carbonyl (C=O) groups is 1. The normalized spacial score (nSPS) is 17.5. The smallest absolute Gasteiger partial charge is 0.230 e. The third-order valence-electron chi connectivity index (χ3n) is 4.03. The van der Waals surface area contributed by atoms with Crippen LogP contribution in [0.1, 0.15) is 32.6 Å². The number of rotatable bonds is 4. The van der Waals surface area contributed by atoms with Crippen molar-refractivity contribution >= 4 is 11.6 Å². The molecule has 1 amide bonds. The maximum Gasteiger partial charge on any atom is 0.230 e. The molecule has 2 N–H and O–H groups in total. The topological polar surface area (TPSA) is 41.1 Å². The Hall–Kier alpha value is -1.56. The van der Waals surface area contributed by atoms with E-state index in [0.717, 1.165) is 6.42 Å². The Morgan fingerprint density at radius 2 is 1.81 bits per heavy atom. The van der Waals surface area contributed by atoms with Crippen LogP contribution in [-0.2, 0) is 4.79 Å². The molecule has 0 aliphatic carbocycles. The van der Waals surface area contributed by atoms with Gasteiger partial charge in [0.1, 0.15) is 5.82 Å². The van der Waals surface area contributed by atoms with Crippen molar-refractivity contribution in [2.75, 3.05) is 18.4 Å². The number of piperidine rings is 1. The van der Waals surface area contributed by atoms with Crippen LogP contribution in [0, 0.1) is 22.9 Å². The molecule has 116 valence electrons. The summed E-state index contributed by atoms with van der Waals surface area (Å²) in [7, 11) is 0. The van der Waals surface area contributed by atoms with Gasteiger partial charge in [-0.3, -0.25) is 4.79 Å². The van der Waals surface area contributed by atoms with Crippen LogP contribution in [0.25, 0.3) is 0 Å². The van der Waals surface area contributed by atoms with E-state index in [-0.39, 0.29) is 11.6 Å². The number of carbonyl (C=O) groups excluding carboxylic acids is 1. The summed E-state index contributed by atoms with van der Waals surface area (Å²) in [6.45, 7) is 3.41. The molecule has 0 atom stereocenters. The van der Waals surface area contributed by atoms with Crippen LogP contribution in [0.3, 0.4) is 0 Å². The fraction of sp³-hybridized carbons (Fsp3) is 0.533. The third-order valence-corrected chi connectivity index (χ3v) is 4.03.